The van der Waals surface area contributed by atoms with Gasteiger partial charge in [0.15, 0.2) is 6.10 Å². The third-order valence-corrected chi connectivity index (χ3v) is 4.58. The van der Waals surface area contributed by atoms with Gasteiger partial charge in [-0.1, -0.05) is 32.9 Å². The number of carbonyl (C=O) groups excluding carboxylic acids is 3. The lowest BCUT2D eigenvalue weighted by molar-refractivity contribution is -0.153. The summed E-state index contributed by atoms with van der Waals surface area (Å²) in [5.41, 5.74) is 1.20. The fourth-order valence-electron chi connectivity index (χ4n) is 2.94. The summed E-state index contributed by atoms with van der Waals surface area (Å²) in [7, 11) is 1.25. The minimum atomic E-state index is -0.881. The van der Waals surface area contributed by atoms with Crippen LogP contribution in [0.4, 0.5) is 0 Å². The predicted molar refractivity (Wildman–Crippen MR) is 100 cm³/mol. The highest BCUT2D eigenvalue weighted by atomic mass is 16.5. The number of hydrogen-bond donors (Lipinski definition) is 1. The predicted octanol–water partition coefficient (Wildman–Crippen LogP) is 1.64. The highest BCUT2D eigenvalue weighted by Crippen LogP contribution is 2.25. The van der Waals surface area contributed by atoms with E-state index >= 15 is 0 Å². The van der Waals surface area contributed by atoms with Crippen LogP contribution in [-0.4, -0.2) is 55.0 Å². The summed E-state index contributed by atoms with van der Waals surface area (Å²) in [6.45, 7) is 8.67. The van der Waals surface area contributed by atoms with Crippen LogP contribution in [0, 0.1) is 0 Å². The Morgan fingerprint density at radius 3 is 2.44 bits per heavy atom. The Labute approximate surface area is 160 Å². The molecule has 1 fully saturated rings. The number of rotatable bonds is 5. The molecule has 148 valence electrons. The molecule has 0 aliphatic carbocycles. The molecule has 27 heavy (non-hydrogen) atoms. The molecule has 1 N–H and O–H groups in total. The molecule has 1 aliphatic heterocycles. The Morgan fingerprint density at radius 2 is 1.89 bits per heavy atom. The fourth-order valence-corrected chi connectivity index (χ4v) is 2.94. The number of benzene rings is 1. The van der Waals surface area contributed by atoms with Crippen molar-refractivity contribution in [2.45, 2.75) is 51.7 Å². The minimum absolute atomic E-state index is 0.0300. The van der Waals surface area contributed by atoms with E-state index in [0.717, 1.165) is 0 Å². The van der Waals surface area contributed by atoms with Crippen LogP contribution in [0.5, 0.6) is 5.75 Å². The molecule has 7 heteroatoms. The summed E-state index contributed by atoms with van der Waals surface area (Å²) in [6, 6.07) is 6.73. The molecule has 0 radical (unpaired) electrons. The number of methoxy groups -OCH3 is 1. The number of nitrogens with one attached hydrogen (secondary N) is 1. The highest BCUT2D eigenvalue weighted by Gasteiger charge is 2.37. The lowest BCUT2D eigenvalue weighted by atomic mass is 9.87. The van der Waals surface area contributed by atoms with Gasteiger partial charge in [0.05, 0.1) is 13.5 Å². The van der Waals surface area contributed by atoms with Crippen LogP contribution < -0.4 is 10.1 Å². The van der Waals surface area contributed by atoms with E-state index in [1.807, 2.05) is 24.3 Å². The van der Waals surface area contributed by atoms with Crippen LogP contribution in [0.15, 0.2) is 24.3 Å². The van der Waals surface area contributed by atoms with Crippen LogP contribution in [0.25, 0.3) is 0 Å². The lowest BCUT2D eigenvalue weighted by Crippen LogP contribution is -2.60. The molecule has 0 aromatic heterocycles. The maximum absolute atomic E-state index is 12.8. The number of hydrogen-bond acceptors (Lipinski definition) is 5. The zero-order chi connectivity index (χ0) is 20.2. The zero-order valence-corrected chi connectivity index (χ0v) is 16.6. The SMILES string of the molecule is COC(=O)C[C@@H]1C(=O)NCCN1C(=O)[C@@H](C)Oc1ccc(C(C)(C)C)cc1. The maximum Gasteiger partial charge on any atom is 0.308 e. The van der Waals surface area contributed by atoms with E-state index in [-0.39, 0.29) is 23.7 Å². The first kappa shape index (κ1) is 20.7. The van der Waals surface area contributed by atoms with Gasteiger partial charge in [0.25, 0.3) is 5.91 Å². The number of amides is 2. The fraction of sp³-hybridized carbons (Fsp3) is 0.550. The molecule has 1 heterocycles. The second-order valence-corrected chi connectivity index (χ2v) is 7.65. The van der Waals surface area contributed by atoms with E-state index in [0.29, 0.717) is 18.8 Å². The topological polar surface area (TPSA) is 84.9 Å². The van der Waals surface area contributed by atoms with E-state index in [9.17, 15) is 14.4 Å². The summed E-state index contributed by atoms with van der Waals surface area (Å²) in [5, 5.41) is 2.67. The number of piperazine rings is 1. The molecule has 1 saturated heterocycles. The average Bonchev–Trinajstić information content (AvgIpc) is 2.62. The Hall–Kier alpha value is -2.57. The second kappa shape index (κ2) is 8.41. The molecule has 0 spiro atoms. The van der Waals surface area contributed by atoms with Gasteiger partial charge in [0.2, 0.25) is 5.91 Å². The van der Waals surface area contributed by atoms with E-state index in [1.165, 1.54) is 17.6 Å². The van der Waals surface area contributed by atoms with Crippen molar-refractivity contribution in [3.05, 3.63) is 29.8 Å². The van der Waals surface area contributed by atoms with Gasteiger partial charge in [-0.05, 0) is 30.0 Å². The van der Waals surface area contributed by atoms with Gasteiger partial charge in [0.1, 0.15) is 11.8 Å². The number of carbonyl (C=O) groups is 3. The van der Waals surface area contributed by atoms with E-state index in [1.54, 1.807) is 6.92 Å². The molecule has 2 rings (SSSR count). The first-order chi connectivity index (χ1) is 12.6. The first-order valence-electron chi connectivity index (χ1n) is 9.05. The van der Waals surface area contributed by atoms with E-state index in [2.05, 4.69) is 30.8 Å². The molecule has 7 nitrogen and oxygen atoms in total. The molecule has 2 atom stereocenters. The van der Waals surface area contributed by atoms with Crippen LogP contribution in [0.2, 0.25) is 0 Å². The Kier molecular flexibility index (Phi) is 6.46. The van der Waals surface area contributed by atoms with Crippen LogP contribution in [0.1, 0.15) is 39.7 Å². The van der Waals surface area contributed by atoms with Gasteiger partial charge in [-0.15, -0.1) is 0 Å². The third-order valence-electron chi connectivity index (χ3n) is 4.58. The molecule has 1 aromatic carbocycles. The van der Waals surface area contributed by atoms with Crippen molar-refractivity contribution in [1.82, 2.24) is 10.2 Å². The Balaban J connectivity index is 2.08. The van der Waals surface area contributed by atoms with Crippen molar-refractivity contribution in [2.75, 3.05) is 20.2 Å². The molecule has 0 saturated carbocycles. The van der Waals surface area contributed by atoms with Gasteiger partial charge >= 0.3 is 5.97 Å². The highest BCUT2D eigenvalue weighted by molar-refractivity contribution is 5.93. The van der Waals surface area contributed by atoms with Gasteiger partial charge < -0.3 is 19.7 Å². The summed E-state index contributed by atoms with van der Waals surface area (Å²) in [6.07, 6.45) is -0.960. The van der Waals surface area contributed by atoms with E-state index in [4.69, 9.17) is 4.74 Å². The van der Waals surface area contributed by atoms with Gasteiger partial charge in [-0.2, -0.15) is 0 Å². The first-order valence-corrected chi connectivity index (χ1v) is 9.05. The Morgan fingerprint density at radius 1 is 1.26 bits per heavy atom. The third kappa shape index (κ3) is 5.21. The van der Waals surface area contributed by atoms with Crippen molar-refractivity contribution in [1.29, 1.82) is 0 Å². The minimum Gasteiger partial charge on any atom is -0.481 e. The zero-order valence-electron chi connectivity index (χ0n) is 16.6. The van der Waals surface area contributed by atoms with Gasteiger partial charge in [-0.25, -0.2) is 0 Å². The molecule has 0 bridgehead atoms. The number of esters is 1. The number of nitrogens with zero attached hydrogens (tertiary/aromatic N) is 1. The molecule has 2 amide bonds. The number of ether oxygens (including phenoxy) is 2. The quantitative estimate of drug-likeness (QED) is 0.790. The average molecular weight is 376 g/mol. The normalized spacial score (nSPS) is 18.5. The summed E-state index contributed by atoms with van der Waals surface area (Å²) >= 11 is 0. The van der Waals surface area contributed by atoms with Crippen molar-refractivity contribution in [2.24, 2.45) is 0 Å². The van der Waals surface area contributed by atoms with Crippen molar-refractivity contribution in [3.8, 4) is 5.75 Å². The summed E-state index contributed by atoms with van der Waals surface area (Å²) in [4.78, 5) is 37.9. The lowest BCUT2D eigenvalue weighted by Gasteiger charge is -2.35. The van der Waals surface area contributed by atoms with Crippen molar-refractivity contribution >= 4 is 17.8 Å². The van der Waals surface area contributed by atoms with E-state index < -0.39 is 18.1 Å². The Bertz CT molecular complexity index is 693. The molecular weight excluding hydrogens is 348 g/mol. The van der Waals surface area contributed by atoms with Gasteiger partial charge in [0, 0.05) is 13.1 Å². The van der Waals surface area contributed by atoms with Crippen molar-refractivity contribution < 1.29 is 23.9 Å². The monoisotopic (exact) mass is 376 g/mol. The van der Waals surface area contributed by atoms with Crippen LogP contribution in [0.3, 0.4) is 0 Å². The largest absolute Gasteiger partial charge is 0.481 e. The standard InChI is InChI=1S/C20H28N2O5/c1-13(27-15-8-6-14(7-9-15)20(2,3)4)19(25)22-11-10-21-18(24)16(22)12-17(23)26-5/h6-9,13,16H,10-12H2,1-5H3,(H,21,24)/t13-,16-/m1/s1. The molecule has 1 aromatic rings. The molecule has 1 aliphatic rings. The smallest absolute Gasteiger partial charge is 0.308 e. The molecular formula is C20H28N2O5. The van der Waals surface area contributed by atoms with Crippen molar-refractivity contribution in [3.63, 3.8) is 0 Å². The molecule has 0 unspecified atom stereocenters. The maximum atomic E-state index is 12.8. The van der Waals surface area contributed by atoms with Crippen LogP contribution in [-0.2, 0) is 24.5 Å². The summed E-state index contributed by atoms with van der Waals surface area (Å²) in [5.74, 6) is -0.656. The summed E-state index contributed by atoms with van der Waals surface area (Å²) < 4.78 is 10.4. The second-order valence-electron chi connectivity index (χ2n) is 7.65. The van der Waals surface area contributed by atoms with Gasteiger partial charge in [-0.3, -0.25) is 14.4 Å². The van der Waals surface area contributed by atoms with Crippen LogP contribution >= 0.6 is 0 Å².